The molecule has 3 rings (SSSR count). The van der Waals surface area contributed by atoms with Crippen LogP contribution in [0.1, 0.15) is 28.7 Å². The maximum Gasteiger partial charge on any atom is 0.257 e. The molecule has 0 aliphatic heterocycles. The van der Waals surface area contributed by atoms with Crippen molar-refractivity contribution in [2.75, 3.05) is 5.32 Å². The molecule has 3 aromatic rings. The van der Waals surface area contributed by atoms with E-state index in [2.05, 4.69) is 32.4 Å². The van der Waals surface area contributed by atoms with Crippen LogP contribution in [-0.2, 0) is 6.42 Å². The number of pyridine rings is 1. The molecule has 0 aliphatic rings. The molecule has 0 bridgehead atoms. The van der Waals surface area contributed by atoms with Crippen LogP contribution >= 0.6 is 11.3 Å². The number of hydrogen-bond acceptors (Lipinski definition) is 6. The molecular formula is C14H14N6OS. The van der Waals surface area contributed by atoms with Crippen molar-refractivity contribution in [1.29, 1.82) is 0 Å². The molecule has 0 aliphatic carbocycles. The Balaban J connectivity index is 1.75. The van der Waals surface area contributed by atoms with Crippen LogP contribution in [0.2, 0.25) is 0 Å². The van der Waals surface area contributed by atoms with Crippen LogP contribution < -0.4 is 5.32 Å². The van der Waals surface area contributed by atoms with Crippen LogP contribution in [-0.4, -0.2) is 30.6 Å². The van der Waals surface area contributed by atoms with E-state index in [1.54, 1.807) is 41.6 Å². The number of nitrogens with zero attached hydrogens (tertiary/aromatic N) is 5. The maximum atomic E-state index is 12.3. The summed E-state index contributed by atoms with van der Waals surface area (Å²) < 4.78 is 1.74. The highest BCUT2D eigenvalue weighted by Gasteiger charge is 2.11. The molecule has 8 heteroatoms. The van der Waals surface area contributed by atoms with Gasteiger partial charge in [-0.05, 0) is 18.6 Å². The van der Waals surface area contributed by atoms with Gasteiger partial charge in [0.05, 0.1) is 0 Å². The van der Waals surface area contributed by atoms with Gasteiger partial charge in [0.2, 0.25) is 5.13 Å². The summed E-state index contributed by atoms with van der Waals surface area (Å²) in [5.41, 5.74) is 0.506. The van der Waals surface area contributed by atoms with Crippen molar-refractivity contribution >= 4 is 22.4 Å². The van der Waals surface area contributed by atoms with Crippen molar-refractivity contribution in [1.82, 2.24) is 24.7 Å². The lowest BCUT2D eigenvalue weighted by molar-refractivity contribution is 0.102. The molecule has 112 valence electrons. The van der Waals surface area contributed by atoms with E-state index < -0.39 is 0 Å². The summed E-state index contributed by atoms with van der Waals surface area (Å²) in [5, 5.41) is 12.2. The van der Waals surface area contributed by atoms with Gasteiger partial charge in [0.1, 0.15) is 17.2 Å². The second-order valence-electron chi connectivity index (χ2n) is 4.58. The van der Waals surface area contributed by atoms with Gasteiger partial charge < -0.3 is 0 Å². The van der Waals surface area contributed by atoms with E-state index in [9.17, 15) is 4.79 Å². The SMILES string of the molecule is CCCc1nnc(NC(=O)c2ccnc(-n3ccnc3)c2)s1. The molecule has 3 aromatic heterocycles. The van der Waals surface area contributed by atoms with E-state index in [4.69, 9.17) is 0 Å². The zero-order chi connectivity index (χ0) is 15.4. The molecule has 1 amide bonds. The van der Waals surface area contributed by atoms with Crippen LogP contribution in [0.4, 0.5) is 5.13 Å². The van der Waals surface area contributed by atoms with E-state index in [0.29, 0.717) is 16.5 Å². The molecule has 7 nitrogen and oxygen atoms in total. The number of amides is 1. The average Bonchev–Trinajstić information content (AvgIpc) is 3.20. The lowest BCUT2D eigenvalue weighted by atomic mass is 10.2. The van der Waals surface area contributed by atoms with Crippen molar-refractivity contribution in [3.8, 4) is 5.82 Å². The average molecular weight is 314 g/mol. The van der Waals surface area contributed by atoms with Crippen molar-refractivity contribution < 1.29 is 4.79 Å². The number of carbonyl (C=O) groups is 1. The van der Waals surface area contributed by atoms with Crippen LogP contribution in [0.3, 0.4) is 0 Å². The number of imidazole rings is 1. The van der Waals surface area contributed by atoms with Crippen molar-refractivity contribution in [2.24, 2.45) is 0 Å². The minimum atomic E-state index is -0.233. The first-order chi connectivity index (χ1) is 10.8. The molecule has 0 unspecified atom stereocenters. The Morgan fingerprint density at radius 1 is 1.36 bits per heavy atom. The number of anilines is 1. The van der Waals surface area contributed by atoms with Crippen molar-refractivity contribution in [3.63, 3.8) is 0 Å². The van der Waals surface area contributed by atoms with Gasteiger partial charge in [-0.15, -0.1) is 10.2 Å². The van der Waals surface area contributed by atoms with E-state index in [-0.39, 0.29) is 5.91 Å². The molecule has 3 heterocycles. The highest BCUT2D eigenvalue weighted by atomic mass is 32.1. The Kier molecular flexibility index (Phi) is 4.19. The number of aromatic nitrogens is 5. The minimum absolute atomic E-state index is 0.233. The second kappa shape index (κ2) is 6.44. The standard InChI is InChI=1S/C14H14N6OS/c1-2-3-12-18-19-14(22-12)17-13(21)10-4-5-16-11(8-10)20-7-6-15-9-20/h4-9H,2-3H2,1H3,(H,17,19,21). The summed E-state index contributed by atoms with van der Waals surface area (Å²) in [7, 11) is 0. The summed E-state index contributed by atoms with van der Waals surface area (Å²) in [4.78, 5) is 20.5. The van der Waals surface area contributed by atoms with Gasteiger partial charge >= 0.3 is 0 Å². The molecule has 0 spiro atoms. The minimum Gasteiger partial charge on any atom is -0.296 e. The first-order valence-corrected chi connectivity index (χ1v) is 7.66. The molecule has 0 saturated heterocycles. The summed E-state index contributed by atoms with van der Waals surface area (Å²) >= 11 is 1.40. The van der Waals surface area contributed by atoms with Crippen LogP contribution in [0.15, 0.2) is 37.1 Å². The van der Waals surface area contributed by atoms with Gasteiger partial charge in [-0.2, -0.15) is 0 Å². The number of hydrogen-bond donors (Lipinski definition) is 1. The van der Waals surface area contributed by atoms with E-state index in [1.165, 1.54) is 11.3 Å². The number of aryl methyl sites for hydroxylation is 1. The predicted molar refractivity (Wildman–Crippen MR) is 83.2 cm³/mol. The van der Waals surface area contributed by atoms with Crippen molar-refractivity contribution in [2.45, 2.75) is 19.8 Å². The van der Waals surface area contributed by atoms with Crippen LogP contribution in [0.25, 0.3) is 5.82 Å². The lowest BCUT2D eigenvalue weighted by Crippen LogP contribution is -2.12. The fourth-order valence-corrected chi connectivity index (χ4v) is 2.72. The third kappa shape index (κ3) is 3.17. The van der Waals surface area contributed by atoms with E-state index in [0.717, 1.165) is 17.8 Å². The van der Waals surface area contributed by atoms with Gasteiger partial charge in [-0.25, -0.2) is 9.97 Å². The summed E-state index contributed by atoms with van der Waals surface area (Å²) in [5.74, 6) is 0.400. The van der Waals surface area contributed by atoms with Gasteiger partial charge in [0, 0.05) is 30.6 Å². The van der Waals surface area contributed by atoms with Gasteiger partial charge in [0.25, 0.3) is 5.91 Å². The van der Waals surface area contributed by atoms with Gasteiger partial charge in [-0.1, -0.05) is 18.3 Å². The Morgan fingerprint density at radius 2 is 2.27 bits per heavy atom. The monoisotopic (exact) mass is 314 g/mol. The van der Waals surface area contributed by atoms with Crippen molar-refractivity contribution in [3.05, 3.63) is 47.6 Å². The Bertz CT molecular complexity index is 767. The van der Waals surface area contributed by atoms with Gasteiger partial charge in [-0.3, -0.25) is 14.7 Å². The molecule has 0 aromatic carbocycles. The van der Waals surface area contributed by atoms with Crippen LogP contribution in [0.5, 0.6) is 0 Å². The molecule has 0 fully saturated rings. The first-order valence-electron chi connectivity index (χ1n) is 6.84. The Labute approximate surface area is 131 Å². The van der Waals surface area contributed by atoms with Crippen LogP contribution in [0, 0.1) is 0 Å². The fourth-order valence-electron chi connectivity index (χ4n) is 1.88. The quantitative estimate of drug-likeness (QED) is 0.781. The molecule has 1 N–H and O–H groups in total. The number of carbonyl (C=O) groups excluding carboxylic acids is 1. The summed E-state index contributed by atoms with van der Waals surface area (Å²) in [6.07, 6.45) is 8.52. The molecule has 0 saturated carbocycles. The molecule has 0 radical (unpaired) electrons. The van der Waals surface area contributed by atoms with E-state index >= 15 is 0 Å². The highest BCUT2D eigenvalue weighted by molar-refractivity contribution is 7.15. The highest BCUT2D eigenvalue weighted by Crippen LogP contribution is 2.17. The molecule has 0 atom stereocenters. The summed E-state index contributed by atoms with van der Waals surface area (Å²) in [6, 6.07) is 3.36. The zero-order valence-electron chi connectivity index (χ0n) is 11.9. The molecular weight excluding hydrogens is 300 g/mol. The Hall–Kier alpha value is -2.61. The lowest BCUT2D eigenvalue weighted by Gasteiger charge is -2.04. The van der Waals surface area contributed by atoms with Gasteiger partial charge in [0.15, 0.2) is 0 Å². The third-order valence-electron chi connectivity index (χ3n) is 2.93. The number of rotatable bonds is 5. The maximum absolute atomic E-state index is 12.3. The predicted octanol–water partition coefficient (Wildman–Crippen LogP) is 2.32. The number of nitrogens with one attached hydrogen (secondary N) is 1. The summed E-state index contributed by atoms with van der Waals surface area (Å²) in [6.45, 7) is 2.08. The second-order valence-corrected chi connectivity index (χ2v) is 5.64. The topological polar surface area (TPSA) is 85.6 Å². The largest absolute Gasteiger partial charge is 0.296 e. The fraction of sp³-hybridized carbons (Fsp3) is 0.214. The normalized spacial score (nSPS) is 10.6. The third-order valence-corrected chi connectivity index (χ3v) is 3.83. The van der Waals surface area contributed by atoms with E-state index in [1.807, 2.05) is 0 Å². The zero-order valence-corrected chi connectivity index (χ0v) is 12.7. The Morgan fingerprint density at radius 3 is 3.05 bits per heavy atom. The smallest absolute Gasteiger partial charge is 0.257 e. The first kappa shape index (κ1) is 14.3. The molecule has 22 heavy (non-hydrogen) atoms.